The van der Waals surface area contributed by atoms with Crippen molar-refractivity contribution in [1.29, 1.82) is 0 Å². The topological polar surface area (TPSA) is 17.8 Å². The minimum absolute atomic E-state index is 0.0814. The fourth-order valence-corrected chi connectivity index (χ4v) is 3.59. The third kappa shape index (κ3) is 3.11. The first-order chi connectivity index (χ1) is 9.08. The lowest BCUT2D eigenvalue weighted by atomic mass is 10.2. The summed E-state index contributed by atoms with van der Waals surface area (Å²) in [5.74, 6) is 2.05. The lowest BCUT2D eigenvalue weighted by molar-refractivity contribution is 0.530. The smallest absolute Gasteiger partial charge is 0.127 e. The molecule has 0 radical (unpaired) electrons. The maximum absolute atomic E-state index is 6.32. The number of fused-ring (bicyclic) bond motifs is 1. The maximum atomic E-state index is 6.32. The predicted molar refractivity (Wildman–Crippen MR) is 89.4 cm³/mol. The monoisotopic (exact) mass is 360 g/mol. The average molecular weight is 362 g/mol. The largest absolute Gasteiger partial charge is 0.323 e. The van der Waals surface area contributed by atoms with Crippen LogP contribution in [0.2, 0.25) is 0 Å². The fraction of sp³-hybridized carbons (Fsp3) is 0.500. The number of alkyl halides is 1. The Balaban J connectivity index is 2.63. The van der Waals surface area contributed by atoms with Gasteiger partial charge in [0.2, 0.25) is 0 Å². The van der Waals surface area contributed by atoms with Crippen molar-refractivity contribution >= 4 is 50.3 Å². The Morgan fingerprint density at radius 1 is 1.47 bits per heavy atom. The number of imidazole rings is 1. The summed E-state index contributed by atoms with van der Waals surface area (Å²) < 4.78 is 3.37. The van der Waals surface area contributed by atoms with E-state index >= 15 is 0 Å². The quantitative estimate of drug-likeness (QED) is 0.662. The molecule has 0 aliphatic carbocycles. The fourth-order valence-electron chi connectivity index (χ4n) is 2.32. The van der Waals surface area contributed by atoms with Crippen LogP contribution in [0.15, 0.2) is 22.7 Å². The second-order valence-corrected chi connectivity index (χ2v) is 7.09. The van der Waals surface area contributed by atoms with Gasteiger partial charge >= 0.3 is 0 Å². The van der Waals surface area contributed by atoms with Crippen molar-refractivity contribution in [2.75, 3.05) is 12.0 Å². The zero-order chi connectivity index (χ0) is 14.0. The number of rotatable bonds is 5. The molecule has 0 bridgehead atoms. The van der Waals surface area contributed by atoms with Crippen LogP contribution in [0.25, 0.3) is 11.0 Å². The van der Waals surface area contributed by atoms with Crippen LogP contribution in [0.5, 0.6) is 0 Å². The van der Waals surface area contributed by atoms with E-state index in [1.165, 1.54) is 5.52 Å². The zero-order valence-electron chi connectivity index (χ0n) is 11.4. The summed E-state index contributed by atoms with van der Waals surface area (Å²) in [5.41, 5.74) is 2.18. The Kier molecular flexibility index (Phi) is 5.21. The predicted octanol–water partition coefficient (Wildman–Crippen LogP) is 5.41. The third-order valence-corrected chi connectivity index (χ3v) is 4.64. The Hall–Kier alpha value is -0.190. The Bertz CT molecular complexity index is 568. The van der Waals surface area contributed by atoms with E-state index in [1.54, 1.807) is 0 Å². The first-order valence-corrected chi connectivity index (χ1v) is 9.01. The molecular formula is C14H18BrClN2S. The second kappa shape index (κ2) is 6.51. The SMILES string of the molecule is CCC(CSC)n1c(C(C)Cl)nc2cc(Br)ccc21. The number of benzene rings is 1. The molecular weight excluding hydrogens is 344 g/mol. The van der Waals surface area contributed by atoms with Crippen LogP contribution >= 0.6 is 39.3 Å². The highest BCUT2D eigenvalue weighted by atomic mass is 79.9. The molecule has 104 valence electrons. The highest BCUT2D eigenvalue weighted by Crippen LogP contribution is 2.31. The molecule has 1 aromatic heterocycles. The van der Waals surface area contributed by atoms with Crippen molar-refractivity contribution in [3.05, 3.63) is 28.5 Å². The van der Waals surface area contributed by atoms with E-state index in [0.717, 1.165) is 28.0 Å². The first kappa shape index (κ1) is 15.2. The van der Waals surface area contributed by atoms with Gasteiger partial charge in [0, 0.05) is 16.3 Å². The number of aromatic nitrogens is 2. The van der Waals surface area contributed by atoms with E-state index in [-0.39, 0.29) is 5.38 Å². The van der Waals surface area contributed by atoms with Gasteiger partial charge in [0.05, 0.1) is 16.4 Å². The van der Waals surface area contributed by atoms with E-state index in [4.69, 9.17) is 16.6 Å². The van der Waals surface area contributed by atoms with Crippen LogP contribution in [-0.4, -0.2) is 21.6 Å². The standard InChI is InChI=1S/C14H18BrClN2S/c1-4-11(8-19-3)18-13-6-5-10(15)7-12(13)17-14(18)9(2)16/h5-7,9,11H,4,8H2,1-3H3. The zero-order valence-corrected chi connectivity index (χ0v) is 14.5. The van der Waals surface area contributed by atoms with E-state index in [9.17, 15) is 0 Å². The highest BCUT2D eigenvalue weighted by Gasteiger charge is 2.20. The summed E-state index contributed by atoms with van der Waals surface area (Å²) in [6.07, 6.45) is 3.22. The molecule has 5 heteroatoms. The van der Waals surface area contributed by atoms with E-state index in [0.29, 0.717) is 6.04 Å². The number of thioether (sulfide) groups is 1. The molecule has 19 heavy (non-hydrogen) atoms. The number of hydrogen-bond acceptors (Lipinski definition) is 2. The van der Waals surface area contributed by atoms with Crippen molar-refractivity contribution in [2.24, 2.45) is 0 Å². The van der Waals surface area contributed by atoms with Gasteiger partial charge in [-0.3, -0.25) is 0 Å². The Morgan fingerprint density at radius 3 is 2.79 bits per heavy atom. The Morgan fingerprint density at radius 2 is 2.21 bits per heavy atom. The molecule has 0 saturated carbocycles. The summed E-state index contributed by atoms with van der Waals surface area (Å²) in [6.45, 7) is 4.20. The molecule has 2 aromatic rings. The third-order valence-electron chi connectivity index (χ3n) is 3.23. The van der Waals surface area contributed by atoms with Crippen molar-refractivity contribution in [1.82, 2.24) is 9.55 Å². The van der Waals surface area contributed by atoms with Gasteiger partial charge in [-0.25, -0.2) is 4.98 Å². The molecule has 0 aliphatic heterocycles. The number of hydrogen-bond donors (Lipinski definition) is 0. The lowest BCUT2D eigenvalue weighted by Gasteiger charge is -2.20. The maximum Gasteiger partial charge on any atom is 0.127 e. The molecule has 2 rings (SSSR count). The molecule has 0 spiro atoms. The summed E-state index contributed by atoms with van der Waals surface area (Å²) in [5, 5.41) is -0.0814. The highest BCUT2D eigenvalue weighted by molar-refractivity contribution is 9.10. The minimum Gasteiger partial charge on any atom is -0.323 e. The summed E-state index contributed by atoms with van der Waals surface area (Å²) in [7, 11) is 0. The summed E-state index contributed by atoms with van der Waals surface area (Å²) in [4.78, 5) is 4.72. The van der Waals surface area contributed by atoms with Gasteiger partial charge in [0.15, 0.2) is 0 Å². The van der Waals surface area contributed by atoms with Crippen molar-refractivity contribution in [3.8, 4) is 0 Å². The van der Waals surface area contributed by atoms with Gasteiger partial charge in [-0.2, -0.15) is 11.8 Å². The molecule has 0 fully saturated rings. The van der Waals surface area contributed by atoms with Gasteiger partial charge in [-0.15, -0.1) is 11.6 Å². The summed E-state index contributed by atoms with van der Waals surface area (Å²) >= 11 is 11.7. The molecule has 0 N–H and O–H groups in total. The van der Waals surface area contributed by atoms with Crippen LogP contribution in [0.3, 0.4) is 0 Å². The van der Waals surface area contributed by atoms with Crippen LogP contribution in [-0.2, 0) is 0 Å². The molecule has 1 aromatic carbocycles. The van der Waals surface area contributed by atoms with Gasteiger partial charge in [-0.05, 0) is 37.8 Å². The van der Waals surface area contributed by atoms with Crippen LogP contribution in [0.1, 0.15) is 37.5 Å². The second-order valence-electron chi connectivity index (χ2n) is 4.61. The van der Waals surface area contributed by atoms with Crippen LogP contribution < -0.4 is 0 Å². The minimum atomic E-state index is -0.0814. The lowest BCUT2D eigenvalue weighted by Crippen LogP contribution is -2.14. The van der Waals surface area contributed by atoms with Crippen LogP contribution in [0, 0.1) is 0 Å². The normalized spacial score (nSPS) is 14.8. The van der Waals surface area contributed by atoms with Gasteiger partial charge in [0.1, 0.15) is 5.82 Å². The van der Waals surface area contributed by atoms with Crippen molar-refractivity contribution in [2.45, 2.75) is 31.7 Å². The molecule has 0 saturated heterocycles. The molecule has 2 atom stereocenters. The first-order valence-electron chi connectivity index (χ1n) is 6.38. The van der Waals surface area contributed by atoms with Crippen molar-refractivity contribution < 1.29 is 0 Å². The van der Waals surface area contributed by atoms with Gasteiger partial charge in [0.25, 0.3) is 0 Å². The summed E-state index contributed by atoms with van der Waals surface area (Å²) in [6, 6.07) is 6.69. The van der Waals surface area contributed by atoms with Crippen LogP contribution in [0.4, 0.5) is 0 Å². The molecule has 1 heterocycles. The molecule has 2 nitrogen and oxygen atoms in total. The van der Waals surface area contributed by atoms with E-state index in [2.05, 4.69) is 51.9 Å². The Labute approximate surface area is 132 Å². The molecule has 2 unspecified atom stereocenters. The number of nitrogens with zero attached hydrogens (tertiary/aromatic N) is 2. The van der Waals surface area contributed by atoms with E-state index < -0.39 is 0 Å². The average Bonchev–Trinajstić information content (AvgIpc) is 2.74. The number of halogens is 2. The van der Waals surface area contributed by atoms with Crippen molar-refractivity contribution in [3.63, 3.8) is 0 Å². The van der Waals surface area contributed by atoms with Gasteiger partial charge in [-0.1, -0.05) is 22.9 Å². The molecule has 0 aliphatic rings. The van der Waals surface area contributed by atoms with E-state index in [1.807, 2.05) is 18.7 Å². The van der Waals surface area contributed by atoms with Gasteiger partial charge < -0.3 is 4.57 Å². The molecule has 0 amide bonds.